The predicted octanol–water partition coefficient (Wildman–Crippen LogP) is 2.99. The maximum Gasteiger partial charge on any atom is 0.195 e. The summed E-state index contributed by atoms with van der Waals surface area (Å²) in [6.45, 7) is 3.03. The number of aryl methyl sites for hydroxylation is 1. The van der Waals surface area contributed by atoms with E-state index in [1.54, 1.807) is 20.4 Å². The molecule has 26 heavy (non-hydrogen) atoms. The van der Waals surface area contributed by atoms with Gasteiger partial charge in [0.1, 0.15) is 5.75 Å². The molecule has 0 unspecified atom stereocenters. The fourth-order valence-electron chi connectivity index (χ4n) is 2.25. The maximum atomic E-state index is 5.71. The summed E-state index contributed by atoms with van der Waals surface area (Å²) in [5, 5.41) is 10.8. The summed E-state index contributed by atoms with van der Waals surface area (Å²) in [5.41, 5.74) is 0.935. The molecule has 144 valence electrons. The van der Waals surface area contributed by atoms with Crippen molar-refractivity contribution in [1.82, 2.24) is 15.1 Å². The van der Waals surface area contributed by atoms with Gasteiger partial charge in [-0.25, -0.2) is 0 Å². The number of methoxy groups -OCH3 is 1. The van der Waals surface area contributed by atoms with E-state index in [4.69, 9.17) is 9.47 Å². The quantitative estimate of drug-likeness (QED) is 0.240. The lowest BCUT2D eigenvalue weighted by atomic mass is 10.3. The van der Waals surface area contributed by atoms with Crippen LogP contribution < -0.4 is 15.4 Å². The molecule has 0 aliphatic carbocycles. The van der Waals surface area contributed by atoms with Crippen LogP contribution in [0.25, 0.3) is 0 Å². The van der Waals surface area contributed by atoms with Gasteiger partial charge in [-0.3, -0.25) is 9.67 Å². The maximum absolute atomic E-state index is 5.71. The highest BCUT2D eigenvalue weighted by atomic mass is 127. The number of rotatable bonds is 10. The number of anilines is 1. The third kappa shape index (κ3) is 8.52. The topological polar surface area (TPSA) is 72.7 Å². The molecule has 0 aliphatic rings. The van der Waals surface area contributed by atoms with Crippen LogP contribution in [0.1, 0.15) is 12.8 Å². The summed E-state index contributed by atoms with van der Waals surface area (Å²) in [5.74, 6) is 1.56. The number of benzene rings is 1. The Morgan fingerprint density at radius 1 is 1.23 bits per heavy atom. The molecule has 8 heteroatoms. The number of nitrogens with one attached hydrogen (secondary N) is 2. The lowest BCUT2D eigenvalue weighted by Crippen LogP contribution is -2.31. The molecule has 0 saturated heterocycles. The van der Waals surface area contributed by atoms with Gasteiger partial charge in [0, 0.05) is 64.4 Å². The lowest BCUT2D eigenvalue weighted by Gasteiger charge is -2.13. The van der Waals surface area contributed by atoms with Gasteiger partial charge in [-0.05, 0) is 24.6 Å². The van der Waals surface area contributed by atoms with Crippen LogP contribution >= 0.6 is 24.0 Å². The minimum absolute atomic E-state index is 0. The van der Waals surface area contributed by atoms with Crippen molar-refractivity contribution in [3.8, 4) is 5.75 Å². The second-order valence-corrected chi connectivity index (χ2v) is 5.47. The van der Waals surface area contributed by atoms with Gasteiger partial charge in [-0.2, -0.15) is 5.10 Å². The van der Waals surface area contributed by atoms with Crippen LogP contribution in [0.5, 0.6) is 5.75 Å². The van der Waals surface area contributed by atoms with Crippen molar-refractivity contribution in [2.45, 2.75) is 19.4 Å². The standard InChI is InChI=1S/C18H27N5O2.HI/c1-19-18(20-9-4-11-23-12-5-10-21-23)22-16-7-3-8-17(15-16)25-14-6-13-24-2;/h3,5,7-8,10,12,15H,4,6,9,11,13-14H2,1-2H3,(H2,19,20,22);1H. The summed E-state index contributed by atoms with van der Waals surface area (Å²) < 4.78 is 12.7. The summed E-state index contributed by atoms with van der Waals surface area (Å²) in [6.07, 6.45) is 5.59. The number of ether oxygens (including phenoxy) is 2. The van der Waals surface area contributed by atoms with E-state index in [1.165, 1.54) is 0 Å². The van der Waals surface area contributed by atoms with Crippen LogP contribution in [-0.4, -0.2) is 49.7 Å². The third-order valence-electron chi connectivity index (χ3n) is 3.50. The lowest BCUT2D eigenvalue weighted by molar-refractivity contribution is 0.172. The van der Waals surface area contributed by atoms with Crippen LogP contribution in [0.15, 0.2) is 47.7 Å². The number of hydrogen-bond acceptors (Lipinski definition) is 4. The first-order valence-corrected chi connectivity index (χ1v) is 8.48. The molecule has 7 nitrogen and oxygen atoms in total. The first-order valence-electron chi connectivity index (χ1n) is 8.48. The van der Waals surface area contributed by atoms with Crippen molar-refractivity contribution in [1.29, 1.82) is 0 Å². The van der Waals surface area contributed by atoms with Gasteiger partial charge in [0.15, 0.2) is 5.96 Å². The SMILES string of the molecule is CN=C(NCCCn1cccn1)Nc1cccc(OCCCOC)c1.I. The second-order valence-electron chi connectivity index (χ2n) is 5.47. The molecule has 1 heterocycles. The molecule has 0 atom stereocenters. The van der Waals surface area contributed by atoms with Gasteiger partial charge in [0.25, 0.3) is 0 Å². The zero-order chi connectivity index (χ0) is 17.7. The number of guanidine groups is 1. The largest absolute Gasteiger partial charge is 0.493 e. The molecular formula is C18H28IN5O2. The average Bonchev–Trinajstić information content (AvgIpc) is 3.15. The monoisotopic (exact) mass is 473 g/mol. The first kappa shape index (κ1) is 22.2. The van der Waals surface area contributed by atoms with E-state index in [0.29, 0.717) is 13.2 Å². The van der Waals surface area contributed by atoms with E-state index in [0.717, 1.165) is 43.3 Å². The van der Waals surface area contributed by atoms with Crippen molar-refractivity contribution in [2.75, 3.05) is 39.2 Å². The van der Waals surface area contributed by atoms with Gasteiger partial charge >= 0.3 is 0 Å². The minimum Gasteiger partial charge on any atom is -0.493 e. The van der Waals surface area contributed by atoms with Crippen LogP contribution in [-0.2, 0) is 11.3 Å². The van der Waals surface area contributed by atoms with Crippen LogP contribution in [0, 0.1) is 0 Å². The van der Waals surface area contributed by atoms with Gasteiger partial charge in [0.2, 0.25) is 0 Å². The molecule has 1 aromatic carbocycles. The third-order valence-corrected chi connectivity index (χ3v) is 3.50. The molecule has 2 aromatic rings. The normalized spacial score (nSPS) is 10.9. The van der Waals surface area contributed by atoms with Gasteiger partial charge in [0.05, 0.1) is 6.61 Å². The highest BCUT2D eigenvalue weighted by Crippen LogP contribution is 2.17. The zero-order valence-corrected chi connectivity index (χ0v) is 17.7. The summed E-state index contributed by atoms with van der Waals surface area (Å²) in [4.78, 5) is 4.25. The molecule has 0 fully saturated rings. The number of halogens is 1. The number of aromatic nitrogens is 2. The van der Waals surface area contributed by atoms with Crippen LogP contribution in [0.4, 0.5) is 5.69 Å². The second kappa shape index (κ2) is 13.4. The first-order chi connectivity index (χ1) is 12.3. The highest BCUT2D eigenvalue weighted by Gasteiger charge is 2.01. The van der Waals surface area contributed by atoms with Crippen molar-refractivity contribution in [3.05, 3.63) is 42.7 Å². The Bertz CT molecular complexity index is 634. The number of aliphatic imine (C=N–C) groups is 1. The van der Waals surface area contributed by atoms with Gasteiger partial charge in [-0.1, -0.05) is 6.07 Å². The summed E-state index contributed by atoms with van der Waals surface area (Å²) in [7, 11) is 3.45. The fourth-order valence-corrected chi connectivity index (χ4v) is 2.25. The van der Waals surface area contributed by atoms with Crippen LogP contribution in [0.3, 0.4) is 0 Å². The molecule has 2 rings (SSSR count). The Hall–Kier alpha value is -1.81. The molecule has 0 radical (unpaired) electrons. The highest BCUT2D eigenvalue weighted by molar-refractivity contribution is 14.0. The molecule has 0 amide bonds. The van der Waals surface area contributed by atoms with E-state index < -0.39 is 0 Å². The van der Waals surface area contributed by atoms with E-state index in [2.05, 4.69) is 20.7 Å². The zero-order valence-electron chi connectivity index (χ0n) is 15.4. The number of hydrogen-bond donors (Lipinski definition) is 2. The van der Waals surface area contributed by atoms with E-state index in [-0.39, 0.29) is 24.0 Å². The fraction of sp³-hybridized carbons (Fsp3) is 0.444. The average molecular weight is 473 g/mol. The van der Waals surface area contributed by atoms with Crippen molar-refractivity contribution < 1.29 is 9.47 Å². The molecule has 0 spiro atoms. The van der Waals surface area contributed by atoms with E-state index in [1.807, 2.05) is 41.2 Å². The van der Waals surface area contributed by atoms with Crippen molar-refractivity contribution >= 4 is 35.6 Å². The van der Waals surface area contributed by atoms with Gasteiger partial charge in [-0.15, -0.1) is 24.0 Å². The summed E-state index contributed by atoms with van der Waals surface area (Å²) in [6, 6.07) is 9.78. The molecule has 0 bridgehead atoms. The summed E-state index contributed by atoms with van der Waals surface area (Å²) >= 11 is 0. The van der Waals surface area contributed by atoms with Gasteiger partial charge < -0.3 is 20.1 Å². The molecule has 0 saturated carbocycles. The Balaban J connectivity index is 0.00000338. The number of nitrogens with zero attached hydrogens (tertiary/aromatic N) is 3. The van der Waals surface area contributed by atoms with Crippen LogP contribution in [0.2, 0.25) is 0 Å². The minimum atomic E-state index is 0. The predicted molar refractivity (Wildman–Crippen MR) is 116 cm³/mol. The van der Waals surface area contributed by atoms with E-state index >= 15 is 0 Å². The smallest absolute Gasteiger partial charge is 0.195 e. The Morgan fingerprint density at radius 2 is 2.12 bits per heavy atom. The molecule has 0 aliphatic heterocycles. The molecule has 1 aromatic heterocycles. The van der Waals surface area contributed by atoms with Crippen molar-refractivity contribution in [3.63, 3.8) is 0 Å². The Morgan fingerprint density at radius 3 is 2.85 bits per heavy atom. The Kier molecular flexibility index (Phi) is 11.5. The molecule has 2 N–H and O–H groups in total. The Labute approximate surface area is 172 Å². The van der Waals surface area contributed by atoms with Crippen molar-refractivity contribution in [2.24, 2.45) is 4.99 Å². The van der Waals surface area contributed by atoms with E-state index in [9.17, 15) is 0 Å². The molecular weight excluding hydrogens is 445 g/mol.